The zero-order valence-electron chi connectivity index (χ0n) is 10.9. The first-order valence-corrected chi connectivity index (χ1v) is 6.48. The lowest BCUT2D eigenvalue weighted by molar-refractivity contribution is 0.458. The van der Waals surface area contributed by atoms with Gasteiger partial charge in [0.15, 0.2) is 0 Å². The lowest BCUT2D eigenvalue weighted by Crippen LogP contribution is -1.96. The first-order valence-electron chi connectivity index (χ1n) is 6.48. The third-order valence-electron chi connectivity index (χ3n) is 2.86. The highest BCUT2D eigenvalue weighted by Crippen LogP contribution is 2.18. The highest BCUT2D eigenvalue weighted by molar-refractivity contribution is 5.27. The van der Waals surface area contributed by atoms with Crippen molar-refractivity contribution in [3.8, 4) is 11.6 Å². The van der Waals surface area contributed by atoms with Gasteiger partial charge in [-0.15, -0.1) is 0 Å². The van der Waals surface area contributed by atoms with Crippen LogP contribution in [0.5, 0.6) is 11.6 Å². The van der Waals surface area contributed by atoms with Crippen LogP contribution in [0.2, 0.25) is 0 Å². The number of hydrogen-bond donors (Lipinski definition) is 0. The van der Waals surface area contributed by atoms with Crippen LogP contribution in [0.4, 0.5) is 0 Å². The molecule has 98 valence electrons. The SMILES string of the molecule is c1ccc(Cc2cncc(Oc3ccccc3)n2)cc1. The Labute approximate surface area is 117 Å². The number of aromatic nitrogens is 2. The molecule has 20 heavy (non-hydrogen) atoms. The minimum Gasteiger partial charge on any atom is -0.437 e. The predicted octanol–water partition coefficient (Wildman–Crippen LogP) is 3.86. The molecule has 0 saturated heterocycles. The molecule has 0 radical (unpaired) electrons. The van der Waals surface area contributed by atoms with Crippen molar-refractivity contribution in [2.75, 3.05) is 0 Å². The summed E-state index contributed by atoms with van der Waals surface area (Å²) in [6.07, 6.45) is 4.15. The Kier molecular flexibility index (Phi) is 3.69. The summed E-state index contributed by atoms with van der Waals surface area (Å²) >= 11 is 0. The maximum Gasteiger partial charge on any atom is 0.238 e. The van der Waals surface area contributed by atoms with E-state index in [1.807, 2.05) is 48.5 Å². The van der Waals surface area contributed by atoms with Crippen LogP contribution in [0.15, 0.2) is 73.1 Å². The van der Waals surface area contributed by atoms with E-state index in [0.29, 0.717) is 5.88 Å². The summed E-state index contributed by atoms with van der Waals surface area (Å²) in [4.78, 5) is 8.67. The molecule has 0 unspecified atom stereocenters. The fraction of sp³-hybridized carbons (Fsp3) is 0.0588. The number of ether oxygens (including phenoxy) is 1. The second-order valence-corrected chi connectivity index (χ2v) is 4.43. The lowest BCUT2D eigenvalue weighted by atomic mass is 10.1. The fourth-order valence-electron chi connectivity index (χ4n) is 1.93. The molecule has 0 bridgehead atoms. The zero-order chi connectivity index (χ0) is 13.6. The van der Waals surface area contributed by atoms with Crippen LogP contribution in [0.3, 0.4) is 0 Å². The maximum atomic E-state index is 5.68. The van der Waals surface area contributed by atoms with E-state index in [0.717, 1.165) is 17.9 Å². The minimum absolute atomic E-state index is 0.518. The zero-order valence-corrected chi connectivity index (χ0v) is 10.9. The first-order chi connectivity index (χ1) is 9.90. The number of rotatable bonds is 4. The molecule has 3 rings (SSSR count). The summed E-state index contributed by atoms with van der Waals surface area (Å²) in [6, 6.07) is 19.8. The minimum atomic E-state index is 0.518. The van der Waals surface area contributed by atoms with Gasteiger partial charge in [0.05, 0.1) is 11.9 Å². The normalized spacial score (nSPS) is 10.2. The van der Waals surface area contributed by atoms with E-state index in [1.165, 1.54) is 5.56 Å². The quantitative estimate of drug-likeness (QED) is 0.716. The van der Waals surface area contributed by atoms with Crippen LogP contribution in [0, 0.1) is 0 Å². The second-order valence-electron chi connectivity index (χ2n) is 4.43. The van der Waals surface area contributed by atoms with E-state index >= 15 is 0 Å². The van der Waals surface area contributed by atoms with Crippen LogP contribution in [0.1, 0.15) is 11.3 Å². The third kappa shape index (κ3) is 3.20. The van der Waals surface area contributed by atoms with E-state index < -0.39 is 0 Å². The van der Waals surface area contributed by atoms with Gasteiger partial charge >= 0.3 is 0 Å². The Bertz CT molecular complexity index is 612. The van der Waals surface area contributed by atoms with Gasteiger partial charge in [0.2, 0.25) is 5.88 Å². The molecule has 0 aliphatic carbocycles. The molecule has 0 N–H and O–H groups in total. The third-order valence-corrected chi connectivity index (χ3v) is 2.86. The molecule has 0 aliphatic heterocycles. The Hall–Kier alpha value is -2.68. The fourth-order valence-corrected chi connectivity index (χ4v) is 1.93. The summed E-state index contributed by atoms with van der Waals surface area (Å²) in [5, 5.41) is 0. The Morgan fingerprint density at radius 1 is 0.800 bits per heavy atom. The largest absolute Gasteiger partial charge is 0.437 e. The summed E-state index contributed by atoms with van der Waals surface area (Å²) < 4.78 is 5.68. The van der Waals surface area contributed by atoms with Gasteiger partial charge in [-0.25, -0.2) is 4.98 Å². The predicted molar refractivity (Wildman–Crippen MR) is 77.8 cm³/mol. The monoisotopic (exact) mass is 262 g/mol. The summed E-state index contributed by atoms with van der Waals surface area (Å²) in [5.41, 5.74) is 2.10. The van der Waals surface area contributed by atoms with Gasteiger partial charge < -0.3 is 4.74 Å². The molecule has 0 fully saturated rings. The average molecular weight is 262 g/mol. The van der Waals surface area contributed by atoms with Gasteiger partial charge in [-0.2, -0.15) is 0 Å². The van der Waals surface area contributed by atoms with E-state index in [1.54, 1.807) is 12.4 Å². The molecule has 0 atom stereocenters. The molecule has 0 spiro atoms. The van der Waals surface area contributed by atoms with Gasteiger partial charge in [-0.05, 0) is 17.7 Å². The van der Waals surface area contributed by atoms with E-state index in [4.69, 9.17) is 4.74 Å². The first kappa shape index (κ1) is 12.4. The summed E-state index contributed by atoms with van der Waals surface area (Å²) in [5.74, 6) is 1.28. The highest BCUT2D eigenvalue weighted by Gasteiger charge is 2.02. The maximum absolute atomic E-state index is 5.68. The number of nitrogens with zero attached hydrogens (tertiary/aromatic N) is 2. The van der Waals surface area contributed by atoms with Crippen molar-refractivity contribution >= 4 is 0 Å². The highest BCUT2D eigenvalue weighted by atomic mass is 16.5. The molecule has 1 heterocycles. The average Bonchev–Trinajstić information content (AvgIpc) is 2.50. The Morgan fingerprint density at radius 3 is 2.25 bits per heavy atom. The molecular formula is C17H14N2O. The van der Waals surface area contributed by atoms with Crippen molar-refractivity contribution in [1.82, 2.24) is 9.97 Å². The summed E-state index contributed by atoms with van der Waals surface area (Å²) in [6.45, 7) is 0. The second kappa shape index (κ2) is 5.97. The van der Waals surface area contributed by atoms with Crippen molar-refractivity contribution in [2.45, 2.75) is 6.42 Å². The standard InChI is InChI=1S/C17H14N2O/c1-3-7-14(8-4-1)11-15-12-18-13-17(19-15)20-16-9-5-2-6-10-16/h1-10,12-13H,11H2. The van der Waals surface area contributed by atoms with Gasteiger partial charge in [-0.1, -0.05) is 48.5 Å². The lowest BCUT2D eigenvalue weighted by Gasteiger charge is -2.06. The van der Waals surface area contributed by atoms with Crippen LogP contribution in [0.25, 0.3) is 0 Å². The number of hydrogen-bond acceptors (Lipinski definition) is 3. The molecular weight excluding hydrogens is 248 g/mol. The van der Waals surface area contributed by atoms with E-state index in [2.05, 4.69) is 22.1 Å². The van der Waals surface area contributed by atoms with Gasteiger partial charge in [0, 0.05) is 12.6 Å². The number of para-hydroxylation sites is 1. The molecule has 3 nitrogen and oxygen atoms in total. The Morgan fingerprint density at radius 2 is 1.50 bits per heavy atom. The Balaban J connectivity index is 1.76. The van der Waals surface area contributed by atoms with Crippen molar-refractivity contribution in [1.29, 1.82) is 0 Å². The molecule has 0 amide bonds. The van der Waals surface area contributed by atoms with E-state index in [-0.39, 0.29) is 0 Å². The van der Waals surface area contributed by atoms with Gasteiger partial charge in [0.1, 0.15) is 5.75 Å². The topological polar surface area (TPSA) is 35.0 Å². The molecule has 1 aromatic heterocycles. The summed E-state index contributed by atoms with van der Waals surface area (Å²) in [7, 11) is 0. The molecule has 0 saturated carbocycles. The van der Waals surface area contributed by atoms with E-state index in [9.17, 15) is 0 Å². The van der Waals surface area contributed by atoms with Crippen LogP contribution in [-0.4, -0.2) is 9.97 Å². The molecule has 0 aliphatic rings. The van der Waals surface area contributed by atoms with Crippen molar-refractivity contribution < 1.29 is 4.74 Å². The molecule has 3 heteroatoms. The van der Waals surface area contributed by atoms with Crippen molar-refractivity contribution in [3.05, 3.63) is 84.3 Å². The molecule has 3 aromatic rings. The van der Waals surface area contributed by atoms with Crippen LogP contribution < -0.4 is 4.74 Å². The van der Waals surface area contributed by atoms with Gasteiger partial charge in [0.25, 0.3) is 0 Å². The molecule has 2 aromatic carbocycles. The van der Waals surface area contributed by atoms with Crippen LogP contribution in [-0.2, 0) is 6.42 Å². The van der Waals surface area contributed by atoms with Gasteiger partial charge in [-0.3, -0.25) is 4.98 Å². The van der Waals surface area contributed by atoms with Crippen molar-refractivity contribution in [2.24, 2.45) is 0 Å². The van der Waals surface area contributed by atoms with Crippen molar-refractivity contribution in [3.63, 3.8) is 0 Å². The number of benzene rings is 2. The van der Waals surface area contributed by atoms with Crippen LogP contribution >= 0.6 is 0 Å². The smallest absolute Gasteiger partial charge is 0.238 e.